The number of carbonyl (C=O) groups excluding carboxylic acids is 1. The monoisotopic (exact) mass is 553 g/mol. The zero-order chi connectivity index (χ0) is 28.2. The van der Waals surface area contributed by atoms with Gasteiger partial charge in [0.25, 0.3) is 6.10 Å². The van der Waals surface area contributed by atoms with E-state index in [1.807, 2.05) is 5.32 Å². The van der Waals surface area contributed by atoms with Gasteiger partial charge in [-0.15, -0.1) is 0 Å². The van der Waals surface area contributed by atoms with Crippen LogP contribution < -0.4 is 10.2 Å². The molecule has 1 aromatic carbocycles. The molecule has 1 amide bonds. The maximum absolute atomic E-state index is 13.8. The Morgan fingerprint density at radius 3 is 2.14 bits per heavy atom. The van der Waals surface area contributed by atoms with Crippen LogP contribution >= 0.6 is 0 Å². The third kappa shape index (κ3) is 8.83. The van der Waals surface area contributed by atoms with Crippen LogP contribution in [0.5, 0.6) is 0 Å². The van der Waals surface area contributed by atoms with Gasteiger partial charge in [0.05, 0.1) is 18.8 Å². The van der Waals surface area contributed by atoms with Crippen molar-refractivity contribution < 1.29 is 53.8 Å². The number of nitrogens with zero attached hydrogens (tertiary/aromatic N) is 2. The summed E-state index contributed by atoms with van der Waals surface area (Å²) >= 11 is 0. The Morgan fingerprint density at radius 2 is 1.62 bits per heavy atom. The number of hydrogen-bond donors (Lipinski definition) is 1. The van der Waals surface area contributed by atoms with E-state index in [1.165, 1.54) is 6.07 Å². The molecular weight excluding hydrogens is 525 g/mol. The zero-order valence-corrected chi connectivity index (χ0v) is 20.3. The summed E-state index contributed by atoms with van der Waals surface area (Å²) in [4.78, 5) is 14.8. The van der Waals surface area contributed by atoms with Gasteiger partial charge in [0, 0.05) is 37.4 Å². The third-order valence-electron chi connectivity index (χ3n) is 6.00. The Morgan fingerprint density at radius 1 is 1.05 bits per heavy atom. The Balaban J connectivity index is 2.01. The summed E-state index contributed by atoms with van der Waals surface area (Å²) in [6, 6.07) is 3.98. The van der Waals surface area contributed by atoms with Crippen LogP contribution in [0.4, 0.5) is 50.0 Å². The van der Waals surface area contributed by atoms with E-state index in [0.29, 0.717) is 31.9 Å². The minimum Gasteiger partial charge on any atom is -0.427 e. The predicted octanol–water partition coefficient (Wildman–Crippen LogP) is 5.36. The van der Waals surface area contributed by atoms with Crippen molar-refractivity contribution in [3.63, 3.8) is 0 Å². The molecule has 37 heavy (non-hydrogen) atoms. The SMILES string of the molecule is CN(Cc1ccc(N2CCOCC2)c(C(F)(F)F)c1)C(C)(C)CCNC(=O)OC(C(F)(F)F)C(F)(F)F. The van der Waals surface area contributed by atoms with Gasteiger partial charge in [-0.05, 0) is 45.0 Å². The number of hydrogen-bond acceptors (Lipinski definition) is 5. The van der Waals surface area contributed by atoms with Gasteiger partial charge in [-0.25, -0.2) is 4.79 Å². The number of carbonyl (C=O) groups is 1. The lowest BCUT2D eigenvalue weighted by atomic mass is 9.97. The molecule has 0 spiro atoms. The summed E-state index contributed by atoms with van der Waals surface area (Å²) in [5.74, 6) is 0. The van der Waals surface area contributed by atoms with E-state index in [1.54, 1.807) is 36.8 Å². The summed E-state index contributed by atoms with van der Waals surface area (Å²) in [7, 11) is 1.59. The molecule has 0 unspecified atom stereocenters. The second kappa shape index (κ2) is 11.5. The molecule has 0 saturated carbocycles. The topological polar surface area (TPSA) is 54.0 Å². The van der Waals surface area contributed by atoms with Gasteiger partial charge in [-0.2, -0.15) is 39.5 Å². The van der Waals surface area contributed by atoms with Crippen molar-refractivity contribution in [2.75, 3.05) is 44.8 Å². The van der Waals surface area contributed by atoms with Gasteiger partial charge in [0.1, 0.15) is 0 Å². The van der Waals surface area contributed by atoms with Gasteiger partial charge in [-0.3, -0.25) is 4.90 Å². The first-order chi connectivity index (χ1) is 16.8. The van der Waals surface area contributed by atoms with E-state index >= 15 is 0 Å². The van der Waals surface area contributed by atoms with Crippen molar-refractivity contribution >= 4 is 11.8 Å². The Hall–Kier alpha value is -2.42. The second-order valence-electron chi connectivity index (χ2n) is 9.16. The number of morpholine rings is 1. The Bertz CT molecular complexity index is 897. The van der Waals surface area contributed by atoms with Gasteiger partial charge in [0.15, 0.2) is 0 Å². The standard InChI is InChI=1S/C22H28F9N3O3/c1-19(2,6-7-32-18(35)37-17(21(26,27)28)22(29,30)31)33(3)13-14-4-5-16(15(12-14)20(23,24)25)34-8-10-36-11-9-34/h4-5,12,17H,6-11,13H2,1-3H3,(H,32,35). The first-order valence-electron chi connectivity index (χ1n) is 11.1. The predicted molar refractivity (Wildman–Crippen MR) is 115 cm³/mol. The van der Waals surface area contributed by atoms with E-state index in [0.717, 1.165) is 6.07 Å². The number of anilines is 1. The summed E-state index contributed by atoms with van der Waals surface area (Å²) < 4.78 is 125. The summed E-state index contributed by atoms with van der Waals surface area (Å²) in [5, 5.41) is 1.85. The minimum atomic E-state index is -5.83. The molecule has 1 aromatic rings. The minimum absolute atomic E-state index is 0.0410. The maximum atomic E-state index is 13.8. The van der Waals surface area contributed by atoms with E-state index in [2.05, 4.69) is 4.74 Å². The molecule has 212 valence electrons. The first-order valence-corrected chi connectivity index (χ1v) is 11.1. The number of alkyl halides is 9. The summed E-state index contributed by atoms with van der Waals surface area (Å²) in [6.45, 7) is 4.27. The van der Waals surface area contributed by atoms with E-state index in [9.17, 15) is 44.3 Å². The number of halogens is 9. The molecule has 2 rings (SSSR count). The average Bonchev–Trinajstić information content (AvgIpc) is 2.75. The lowest BCUT2D eigenvalue weighted by molar-refractivity contribution is -0.307. The van der Waals surface area contributed by atoms with E-state index < -0.39 is 41.8 Å². The molecule has 1 fully saturated rings. The summed E-state index contributed by atoms with van der Waals surface area (Å²) in [6.07, 6.45) is -22.4. The van der Waals surface area contributed by atoms with E-state index in [4.69, 9.17) is 4.74 Å². The molecule has 1 saturated heterocycles. The van der Waals surface area contributed by atoms with Crippen LogP contribution in [0.1, 0.15) is 31.4 Å². The quantitative estimate of drug-likeness (QED) is 0.440. The molecular formula is C22H28F9N3O3. The Kier molecular flexibility index (Phi) is 9.61. The molecule has 0 atom stereocenters. The van der Waals surface area contributed by atoms with Crippen LogP contribution in [0.25, 0.3) is 0 Å². The van der Waals surface area contributed by atoms with E-state index in [-0.39, 0.29) is 25.2 Å². The molecule has 0 aliphatic carbocycles. The van der Waals surface area contributed by atoms with Crippen molar-refractivity contribution in [2.45, 2.75) is 57.0 Å². The van der Waals surface area contributed by atoms with Gasteiger partial charge < -0.3 is 19.7 Å². The van der Waals surface area contributed by atoms with Crippen molar-refractivity contribution in [1.82, 2.24) is 10.2 Å². The fraction of sp³-hybridized carbons (Fsp3) is 0.682. The first kappa shape index (κ1) is 30.8. The number of nitrogens with one attached hydrogen (secondary N) is 1. The second-order valence-corrected chi connectivity index (χ2v) is 9.16. The number of alkyl carbamates (subject to hydrolysis) is 1. The van der Waals surface area contributed by atoms with Crippen LogP contribution in [-0.4, -0.2) is 74.9 Å². The highest BCUT2D eigenvalue weighted by Crippen LogP contribution is 2.38. The van der Waals surface area contributed by atoms with Crippen molar-refractivity contribution in [3.05, 3.63) is 29.3 Å². The largest absolute Gasteiger partial charge is 0.434 e. The lowest BCUT2D eigenvalue weighted by Crippen LogP contribution is -2.48. The van der Waals surface area contributed by atoms with Crippen molar-refractivity contribution in [3.8, 4) is 0 Å². The highest BCUT2D eigenvalue weighted by Gasteiger charge is 2.60. The molecule has 0 radical (unpaired) electrons. The van der Waals surface area contributed by atoms with Crippen molar-refractivity contribution in [1.29, 1.82) is 0 Å². The van der Waals surface area contributed by atoms with Crippen LogP contribution in [0.15, 0.2) is 18.2 Å². The Labute approximate surface area is 207 Å². The normalized spacial score (nSPS) is 15.9. The molecule has 1 aliphatic rings. The fourth-order valence-electron chi connectivity index (χ4n) is 3.61. The molecule has 1 heterocycles. The van der Waals surface area contributed by atoms with Gasteiger partial charge in [0.2, 0.25) is 0 Å². The molecule has 1 aliphatic heterocycles. The van der Waals surface area contributed by atoms with Crippen LogP contribution in [0, 0.1) is 0 Å². The summed E-state index contributed by atoms with van der Waals surface area (Å²) in [5.41, 5.74) is -1.24. The number of amides is 1. The smallest absolute Gasteiger partial charge is 0.427 e. The fourth-order valence-corrected chi connectivity index (χ4v) is 3.61. The molecule has 1 N–H and O–H groups in total. The van der Waals surface area contributed by atoms with Crippen molar-refractivity contribution in [2.24, 2.45) is 0 Å². The van der Waals surface area contributed by atoms with Crippen LogP contribution in [0.2, 0.25) is 0 Å². The van der Waals surface area contributed by atoms with Crippen LogP contribution in [-0.2, 0) is 22.2 Å². The number of rotatable bonds is 8. The number of benzene rings is 1. The zero-order valence-electron chi connectivity index (χ0n) is 20.3. The van der Waals surface area contributed by atoms with Gasteiger partial charge >= 0.3 is 24.6 Å². The van der Waals surface area contributed by atoms with Crippen LogP contribution in [0.3, 0.4) is 0 Å². The molecule has 0 aromatic heterocycles. The molecule has 15 heteroatoms. The highest BCUT2D eigenvalue weighted by molar-refractivity contribution is 5.67. The molecule has 0 bridgehead atoms. The molecule has 6 nitrogen and oxygen atoms in total. The van der Waals surface area contributed by atoms with Gasteiger partial charge in [-0.1, -0.05) is 6.07 Å². The third-order valence-corrected chi connectivity index (χ3v) is 6.00. The number of ether oxygens (including phenoxy) is 2. The average molecular weight is 553 g/mol. The lowest BCUT2D eigenvalue weighted by Gasteiger charge is -2.36. The highest BCUT2D eigenvalue weighted by atomic mass is 19.4. The maximum Gasteiger partial charge on any atom is 0.434 e.